The summed E-state index contributed by atoms with van der Waals surface area (Å²) in [5.41, 5.74) is 0.601. The van der Waals surface area contributed by atoms with Crippen LogP contribution in [0.3, 0.4) is 0 Å². The van der Waals surface area contributed by atoms with Crippen LogP contribution in [0.5, 0.6) is 17.2 Å². The maximum absolute atomic E-state index is 14.2. The van der Waals surface area contributed by atoms with Gasteiger partial charge in [-0.05, 0) is 61.3 Å². The molecule has 1 heterocycles. The minimum absolute atomic E-state index is 0.0121. The van der Waals surface area contributed by atoms with Crippen LogP contribution < -0.4 is 14.8 Å². The number of hydrogen-bond donors (Lipinski definition) is 3. The summed E-state index contributed by atoms with van der Waals surface area (Å²) in [7, 11) is 0. The zero-order chi connectivity index (χ0) is 26.5. The number of benzene rings is 2. The number of phenolic OH excluding ortho intramolecular Hbond substituents is 1. The third kappa shape index (κ3) is 6.49. The average molecular weight is 515 g/mol. The second kappa shape index (κ2) is 11.5. The van der Waals surface area contributed by atoms with E-state index in [0.717, 1.165) is 25.7 Å². The van der Waals surface area contributed by atoms with Crippen LogP contribution in [-0.4, -0.2) is 58.7 Å². The van der Waals surface area contributed by atoms with Crippen LogP contribution >= 0.6 is 0 Å². The quantitative estimate of drug-likeness (QED) is 0.444. The van der Waals surface area contributed by atoms with Gasteiger partial charge in [-0.3, -0.25) is 9.59 Å². The van der Waals surface area contributed by atoms with Gasteiger partial charge in [-0.1, -0.05) is 12.1 Å². The van der Waals surface area contributed by atoms with Gasteiger partial charge in [-0.2, -0.15) is 0 Å². The molecule has 0 bridgehead atoms. The lowest BCUT2D eigenvalue weighted by Gasteiger charge is -2.31. The van der Waals surface area contributed by atoms with Crippen molar-refractivity contribution < 1.29 is 38.5 Å². The number of carbonyl (C=O) groups is 3. The van der Waals surface area contributed by atoms with E-state index in [1.807, 2.05) is 0 Å². The number of rotatable bonds is 10. The van der Waals surface area contributed by atoms with E-state index in [0.29, 0.717) is 48.6 Å². The molecule has 0 aromatic heterocycles. The monoisotopic (exact) mass is 514 g/mol. The molecule has 0 unspecified atom stereocenters. The summed E-state index contributed by atoms with van der Waals surface area (Å²) in [6.07, 6.45) is 3.76. The third-order valence-corrected chi connectivity index (χ3v) is 6.90. The summed E-state index contributed by atoms with van der Waals surface area (Å²) in [6, 6.07) is 8.68. The van der Waals surface area contributed by atoms with Crippen molar-refractivity contribution in [3.05, 3.63) is 53.3 Å². The number of fused-ring (bicyclic) bond motifs is 1. The fraction of sp³-hybridized carbons (Fsp3) is 0.444. The predicted molar refractivity (Wildman–Crippen MR) is 131 cm³/mol. The first-order valence-corrected chi connectivity index (χ1v) is 12.4. The first kappa shape index (κ1) is 26.2. The molecule has 9 nitrogen and oxygen atoms in total. The molecule has 3 N–H and O–H groups in total. The molecule has 1 saturated carbocycles. The molecule has 2 aromatic rings. The molecule has 4 rings (SSSR count). The molecular formula is C27H31FN2O7. The number of ether oxygens (including phenoxy) is 2. The molecule has 37 heavy (non-hydrogen) atoms. The van der Waals surface area contributed by atoms with Crippen molar-refractivity contribution in [2.45, 2.75) is 45.2 Å². The predicted octanol–water partition coefficient (Wildman–Crippen LogP) is 3.34. The van der Waals surface area contributed by atoms with Gasteiger partial charge in [-0.25, -0.2) is 9.18 Å². The Labute approximate surface area is 214 Å². The van der Waals surface area contributed by atoms with E-state index >= 15 is 0 Å². The average Bonchev–Trinajstić information content (AvgIpc) is 3.19. The lowest BCUT2D eigenvalue weighted by atomic mass is 9.82. The number of nitrogens with zero attached hydrogens (tertiary/aromatic N) is 1. The van der Waals surface area contributed by atoms with Gasteiger partial charge in [0.25, 0.3) is 5.91 Å². The molecule has 198 valence electrons. The number of halogens is 1. The summed E-state index contributed by atoms with van der Waals surface area (Å²) in [5, 5.41) is 21.1. The molecule has 0 saturated heterocycles. The molecular weight excluding hydrogens is 483 g/mol. The highest BCUT2D eigenvalue weighted by atomic mass is 19.1. The number of aromatic hydroxyl groups is 1. The van der Waals surface area contributed by atoms with Crippen molar-refractivity contribution >= 4 is 17.8 Å². The topological polar surface area (TPSA) is 125 Å². The second-order valence-electron chi connectivity index (χ2n) is 9.69. The van der Waals surface area contributed by atoms with Crippen LogP contribution in [0.25, 0.3) is 0 Å². The lowest BCUT2D eigenvalue weighted by Crippen LogP contribution is -2.43. The number of amides is 2. The Morgan fingerprint density at radius 1 is 1.11 bits per heavy atom. The Hall–Kier alpha value is -3.82. The smallest absolute Gasteiger partial charge is 0.329 e. The molecule has 2 aliphatic rings. The molecule has 0 radical (unpaired) electrons. The first-order valence-electron chi connectivity index (χ1n) is 12.4. The normalized spacial score (nSPS) is 19.7. The van der Waals surface area contributed by atoms with Crippen molar-refractivity contribution in [1.29, 1.82) is 0 Å². The summed E-state index contributed by atoms with van der Waals surface area (Å²) in [5.74, 6) is -1.59. The maximum atomic E-state index is 14.2. The van der Waals surface area contributed by atoms with E-state index in [1.165, 1.54) is 13.0 Å². The van der Waals surface area contributed by atoms with Gasteiger partial charge in [0, 0.05) is 26.1 Å². The van der Waals surface area contributed by atoms with Gasteiger partial charge in [0.05, 0.1) is 12.2 Å². The Morgan fingerprint density at radius 2 is 1.78 bits per heavy atom. The van der Waals surface area contributed by atoms with Crippen molar-refractivity contribution in [3.8, 4) is 17.2 Å². The van der Waals surface area contributed by atoms with Crippen LogP contribution in [0.4, 0.5) is 4.39 Å². The van der Waals surface area contributed by atoms with Crippen molar-refractivity contribution in [1.82, 2.24) is 10.2 Å². The molecule has 1 fully saturated rings. The summed E-state index contributed by atoms with van der Waals surface area (Å²) >= 11 is 0. The fourth-order valence-corrected chi connectivity index (χ4v) is 4.91. The second-order valence-corrected chi connectivity index (χ2v) is 9.69. The Balaban J connectivity index is 1.21. The molecule has 1 aliphatic carbocycles. The van der Waals surface area contributed by atoms with Gasteiger partial charge in [-0.15, -0.1) is 0 Å². The van der Waals surface area contributed by atoms with E-state index in [-0.39, 0.29) is 18.1 Å². The number of carbonyl (C=O) groups excluding carboxylic acids is 2. The fourth-order valence-electron chi connectivity index (χ4n) is 4.91. The van der Waals surface area contributed by atoms with Gasteiger partial charge in [0.2, 0.25) is 5.91 Å². The van der Waals surface area contributed by atoms with E-state index in [9.17, 15) is 29.0 Å². The molecule has 2 aromatic carbocycles. The number of carboxylic acid groups (broad SMARTS) is 1. The van der Waals surface area contributed by atoms with Crippen LogP contribution in [0, 0.1) is 17.7 Å². The lowest BCUT2D eigenvalue weighted by molar-refractivity contribution is -0.142. The van der Waals surface area contributed by atoms with Gasteiger partial charge in [0.1, 0.15) is 18.1 Å². The number of nitrogens with one attached hydrogen (secondary N) is 1. The van der Waals surface area contributed by atoms with Crippen molar-refractivity contribution in [2.75, 3.05) is 19.8 Å². The minimum Gasteiger partial charge on any atom is -0.505 e. The van der Waals surface area contributed by atoms with E-state index in [4.69, 9.17) is 9.47 Å². The van der Waals surface area contributed by atoms with E-state index < -0.39 is 29.5 Å². The van der Waals surface area contributed by atoms with Gasteiger partial charge >= 0.3 is 5.97 Å². The highest BCUT2D eigenvalue weighted by Crippen LogP contribution is 2.34. The van der Waals surface area contributed by atoms with Crippen LogP contribution in [-0.2, 0) is 16.1 Å². The van der Waals surface area contributed by atoms with Crippen molar-refractivity contribution in [3.63, 3.8) is 0 Å². The third-order valence-electron chi connectivity index (χ3n) is 6.90. The molecule has 2 amide bonds. The van der Waals surface area contributed by atoms with Crippen LogP contribution in [0.2, 0.25) is 0 Å². The summed E-state index contributed by atoms with van der Waals surface area (Å²) < 4.78 is 25.7. The number of aliphatic carboxylic acids is 1. The number of carboxylic acids is 1. The standard InChI is InChI=1S/C27H31FN2O7/c1-16(31)29-22(27(34)35)15-37-21-4-2-3-20(11-21)36-14-18-7-5-17(6-8-18)12-30-13-19-9-10-23(32)25(28)24(19)26(30)33/h2-4,9-11,17-18,22,32H,5-8,12-15H2,1H3,(H,29,31)(H,34,35)/t17?,18?,22-/m0/s1. The Kier molecular flexibility index (Phi) is 8.15. The highest BCUT2D eigenvalue weighted by molar-refractivity contribution is 5.99. The largest absolute Gasteiger partial charge is 0.505 e. The van der Waals surface area contributed by atoms with Crippen LogP contribution in [0.15, 0.2) is 36.4 Å². The summed E-state index contributed by atoms with van der Waals surface area (Å²) in [4.78, 5) is 36.7. The summed E-state index contributed by atoms with van der Waals surface area (Å²) in [6.45, 7) is 2.50. The SMILES string of the molecule is CC(=O)N[C@@H](COc1cccc(OCC2CCC(CN3Cc4ccc(O)c(F)c4C3=O)CC2)c1)C(=O)O. The maximum Gasteiger partial charge on any atom is 0.329 e. The number of phenols is 1. The molecule has 0 spiro atoms. The number of hydrogen-bond acceptors (Lipinski definition) is 6. The first-order chi connectivity index (χ1) is 17.7. The Morgan fingerprint density at radius 3 is 2.46 bits per heavy atom. The van der Waals surface area contributed by atoms with E-state index in [2.05, 4.69) is 5.32 Å². The molecule has 10 heteroatoms. The zero-order valence-electron chi connectivity index (χ0n) is 20.6. The van der Waals surface area contributed by atoms with Gasteiger partial charge < -0.3 is 29.9 Å². The zero-order valence-corrected chi connectivity index (χ0v) is 20.6. The van der Waals surface area contributed by atoms with Gasteiger partial charge in [0.15, 0.2) is 17.6 Å². The molecule has 1 atom stereocenters. The Bertz CT molecular complexity index is 1160. The highest BCUT2D eigenvalue weighted by Gasteiger charge is 2.34. The molecule has 1 aliphatic heterocycles. The van der Waals surface area contributed by atoms with Crippen LogP contribution in [0.1, 0.15) is 48.5 Å². The van der Waals surface area contributed by atoms with Crippen molar-refractivity contribution in [2.24, 2.45) is 11.8 Å². The van der Waals surface area contributed by atoms with E-state index in [1.54, 1.807) is 35.2 Å². The minimum atomic E-state index is -1.18.